The molecule has 0 saturated carbocycles. The molecule has 2 amide bonds. The number of urea groups is 1. The third kappa shape index (κ3) is 4.34. The van der Waals surface area contributed by atoms with Crippen molar-refractivity contribution in [1.29, 1.82) is 0 Å². The number of rotatable bonds is 2. The molecule has 0 bridgehead atoms. The molecule has 0 spiro atoms. The van der Waals surface area contributed by atoms with Crippen LogP contribution in [0.5, 0.6) is 0 Å². The quantitative estimate of drug-likeness (QED) is 0.774. The van der Waals surface area contributed by atoms with Crippen molar-refractivity contribution in [2.75, 3.05) is 32.7 Å². The number of ketones is 1. The number of amides is 2. The first-order chi connectivity index (χ1) is 7.80. The van der Waals surface area contributed by atoms with Gasteiger partial charge in [-0.25, -0.2) is 4.79 Å². The highest BCUT2D eigenvalue weighted by Gasteiger charge is 2.27. The van der Waals surface area contributed by atoms with Gasteiger partial charge in [0.05, 0.1) is 6.54 Å². The number of carbonyl (C=O) groups is 2. The van der Waals surface area contributed by atoms with Crippen molar-refractivity contribution in [3.05, 3.63) is 0 Å². The van der Waals surface area contributed by atoms with Crippen molar-refractivity contribution in [3.63, 3.8) is 0 Å². The molecule has 1 rings (SSSR count). The SMILES string of the molecule is CC(=O)CNC(=O)N1CCN(C(C)(C)C)CC1. The van der Waals surface area contributed by atoms with Crippen LogP contribution in [0.4, 0.5) is 4.79 Å². The average Bonchev–Trinajstić information content (AvgIpc) is 2.25. The maximum Gasteiger partial charge on any atom is 0.317 e. The van der Waals surface area contributed by atoms with E-state index in [2.05, 4.69) is 31.0 Å². The zero-order valence-corrected chi connectivity index (χ0v) is 11.2. The lowest BCUT2D eigenvalue weighted by Crippen LogP contribution is -2.56. The number of hydrogen-bond acceptors (Lipinski definition) is 3. The summed E-state index contributed by atoms with van der Waals surface area (Å²) in [4.78, 5) is 26.6. The van der Waals surface area contributed by atoms with Crippen LogP contribution in [0, 0.1) is 0 Å². The molecule has 1 fully saturated rings. The van der Waals surface area contributed by atoms with Crippen molar-refractivity contribution >= 4 is 11.8 Å². The first-order valence-corrected chi connectivity index (χ1v) is 6.08. The lowest BCUT2D eigenvalue weighted by molar-refractivity contribution is -0.116. The molecule has 1 N–H and O–H groups in total. The smallest absolute Gasteiger partial charge is 0.317 e. The summed E-state index contributed by atoms with van der Waals surface area (Å²) < 4.78 is 0. The number of carbonyl (C=O) groups excluding carboxylic acids is 2. The van der Waals surface area contributed by atoms with Gasteiger partial charge in [0, 0.05) is 31.7 Å². The lowest BCUT2D eigenvalue weighted by Gasteiger charge is -2.42. The van der Waals surface area contributed by atoms with Crippen molar-refractivity contribution in [3.8, 4) is 0 Å². The van der Waals surface area contributed by atoms with E-state index in [1.54, 1.807) is 4.90 Å². The van der Waals surface area contributed by atoms with Gasteiger partial charge < -0.3 is 10.2 Å². The van der Waals surface area contributed by atoms with Crippen LogP contribution in [0.3, 0.4) is 0 Å². The van der Waals surface area contributed by atoms with Crippen LogP contribution in [-0.4, -0.2) is 59.9 Å². The highest BCUT2D eigenvalue weighted by atomic mass is 16.2. The first kappa shape index (κ1) is 14.0. The Morgan fingerprint density at radius 3 is 2.06 bits per heavy atom. The molecule has 0 aromatic heterocycles. The maximum atomic E-state index is 11.7. The van der Waals surface area contributed by atoms with Gasteiger partial charge in [0.2, 0.25) is 0 Å². The Morgan fingerprint density at radius 2 is 1.65 bits per heavy atom. The van der Waals surface area contributed by atoms with Crippen LogP contribution in [0.25, 0.3) is 0 Å². The Hall–Kier alpha value is -1.10. The van der Waals surface area contributed by atoms with Gasteiger partial charge in [0.1, 0.15) is 5.78 Å². The zero-order chi connectivity index (χ0) is 13.1. The molecule has 0 aliphatic carbocycles. The van der Waals surface area contributed by atoms with E-state index in [1.807, 2.05) is 0 Å². The topological polar surface area (TPSA) is 52.7 Å². The molecular formula is C12H23N3O2. The minimum Gasteiger partial charge on any atom is -0.331 e. The summed E-state index contributed by atoms with van der Waals surface area (Å²) >= 11 is 0. The number of Topliss-reactive ketones (excluding diaryl/α,β-unsaturated/α-hetero) is 1. The zero-order valence-electron chi connectivity index (χ0n) is 11.2. The molecule has 0 aromatic rings. The van der Waals surface area contributed by atoms with Gasteiger partial charge in [-0.15, -0.1) is 0 Å². The van der Waals surface area contributed by atoms with Crippen LogP contribution in [0.15, 0.2) is 0 Å². The minimum absolute atomic E-state index is 0.0216. The maximum absolute atomic E-state index is 11.7. The third-order valence-electron chi connectivity index (χ3n) is 3.00. The second kappa shape index (κ2) is 5.49. The highest BCUT2D eigenvalue weighted by Crippen LogP contribution is 2.15. The van der Waals surface area contributed by atoms with E-state index < -0.39 is 0 Å². The van der Waals surface area contributed by atoms with E-state index in [0.717, 1.165) is 26.2 Å². The fourth-order valence-electron chi connectivity index (χ4n) is 1.89. The highest BCUT2D eigenvalue weighted by molar-refractivity contribution is 5.83. The van der Waals surface area contributed by atoms with Crippen molar-refractivity contribution in [2.24, 2.45) is 0 Å². The van der Waals surface area contributed by atoms with Gasteiger partial charge in [0.15, 0.2) is 0 Å². The Bertz CT molecular complexity index is 289. The monoisotopic (exact) mass is 241 g/mol. The van der Waals surface area contributed by atoms with E-state index in [0.29, 0.717) is 0 Å². The average molecular weight is 241 g/mol. The molecule has 1 saturated heterocycles. The Morgan fingerprint density at radius 1 is 1.12 bits per heavy atom. The predicted molar refractivity (Wildman–Crippen MR) is 67.0 cm³/mol. The van der Waals surface area contributed by atoms with Crippen LogP contribution in [0.2, 0.25) is 0 Å². The minimum atomic E-state index is -0.131. The van der Waals surface area contributed by atoms with Crippen LogP contribution >= 0.6 is 0 Å². The molecule has 0 atom stereocenters. The summed E-state index contributed by atoms with van der Waals surface area (Å²) in [5.74, 6) is -0.0216. The standard InChI is InChI=1S/C12H23N3O2/c1-10(16)9-13-11(17)14-5-7-15(8-6-14)12(2,3)4/h5-9H2,1-4H3,(H,13,17). The molecule has 0 unspecified atom stereocenters. The summed E-state index contributed by atoms with van der Waals surface area (Å²) in [6, 6.07) is -0.131. The molecular weight excluding hydrogens is 218 g/mol. The van der Waals surface area contributed by atoms with Gasteiger partial charge in [-0.3, -0.25) is 9.69 Å². The van der Waals surface area contributed by atoms with Gasteiger partial charge in [-0.2, -0.15) is 0 Å². The van der Waals surface area contributed by atoms with Crippen LogP contribution < -0.4 is 5.32 Å². The summed E-state index contributed by atoms with van der Waals surface area (Å²) in [6.07, 6.45) is 0. The summed E-state index contributed by atoms with van der Waals surface area (Å²) in [5.41, 5.74) is 0.155. The molecule has 1 aliphatic rings. The van der Waals surface area contributed by atoms with E-state index in [1.165, 1.54) is 6.92 Å². The van der Waals surface area contributed by atoms with Gasteiger partial charge >= 0.3 is 6.03 Å². The van der Waals surface area contributed by atoms with Gasteiger partial charge in [-0.05, 0) is 27.7 Å². The number of nitrogens with one attached hydrogen (secondary N) is 1. The number of nitrogens with zero attached hydrogens (tertiary/aromatic N) is 2. The largest absolute Gasteiger partial charge is 0.331 e. The first-order valence-electron chi connectivity index (χ1n) is 6.08. The van der Waals surface area contributed by atoms with Gasteiger partial charge in [0.25, 0.3) is 0 Å². The molecule has 17 heavy (non-hydrogen) atoms. The van der Waals surface area contributed by atoms with Crippen molar-refractivity contribution in [1.82, 2.24) is 15.1 Å². The molecule has 0 radical (unpaired) electrons. The summed E-state index contributed by atoms with van der Waals surface area (Å²) in [6.45, 7) is 11.3. The van der Waals surface area contributed by atoms with Crippen molar-refractivity contribution in [2.45, 2.75) is 33.2 Å². The number of hydrogen-bond donors (Lipinski definition) is 1. The number of piperazine rings is 1. The fourth-order valence-corrected chi connectivity index (χ4v) is 1.89. The second-order valence-corrected chi connectivity index (χ2v) is 5.51. The fraction of sp³-hybridized carbons (Fsp3) is 0.833. The third-order valence-corrected chi connectivity index (χ3v) is 3.00. The molecule has 5 heteroatoms. The molecule has 0 aromatic carbocycles. The van der Waals surface area contributed by atoms with E-state index in [4.69, 9.17) is 0 Å². The van der Waals surface area contributed by atoms with E-state index in [9.17, 15) is 9.59 Å². The normalized spacial score (nSPS) is 18.0. The summed E-state index contributed by atoms with van der Waals surface area (Å²) in [5, 5.41) is 2.62. The van der Waals surface area contributed by atoms with Crippen LogP contribution in [-0.2, 0) is 4.79 Å². The molecule has 5 nitrogen and oxygen atoms in total. The Kier molecular flexibility index (Phi) is 4.51. The van der Waals surface area contributed by atoms with E-state index in [-0.39, 0.29) is 23.9 Å². The molecule has 98 valence electrons. The van der Waals surface area contributed by atoms with Gasteiger partial charge in [-0.1, -0.05) is 0 Å². The Labute approximate surface area is 103 Å². The van der Waals surface area contributed by atoms with Crippen LogP contribution in [0.1, 0.15) is 27.7 Å². The van der Waals surface area contributed by atoms with Crippen molar-refractivity contribution < 1.29 is 9.59 Å². The predicted octanol–water partition coefficient (Wildman–Crippen LogP) is 0.701. The molecule has 1 aliphatic heterocycles. The van der Waals surface area contributed by atoms with E-state index >= 15 is 0 Å². The lowest BCUT2D eigenvalue weighted by atomic mass is 10.1. The second-order valence-electron chi connectivity index (χ2n) is 5.51. The molecule has 1 heterocycles. The summed E-state index contributed by atoms with van der Waals surface area (Å²) in [7, 11) is 0. The Balaban J connectivity index is 2.36.